The largest absolute Gasteiger partial charge is 0.497 e. The van der Waals surface area contributed by atoms with Gasteiger partial charge in [-0.3, -0.25) is 4.79 Å². The molecular formula is C14H16ClN3O2. The first-order valence-corrected chi connectivity index (χ1v) is 7.14. The zero-order valence-electron chi connectivity index (χ0n) is 11.2. The van der Waals surface area contributed by atoms with Crippen LogP contribution < -0.4 is 10.1 Å². The summed E-state index contributed by atoms with van der Waals surface area (Å²) in [4.78, 5) is 16.1. The second-order valence-corrected chi connectivity index (χ2v) is 5.23. The zero-order valence-corrected chi connectivity index (χ0v) is 12.0. The monoisotopic (exact) mass is 293 g/mol. The van der Waals surface area contributed by atoms with Gasteiger partial charge >= 0.3 is 0 Å². The number of halogens is 1. The van der Waals surface area contributed by atoms with E-state index in [2.05, 4.69) is 14.9 Å². The van der Waals surface area contributed by atoms with Gasteiger partial charge < -0.3 is 14.6 Å². The number of nitrogens with zero attached hydrogens (tertiary/aromatic N) is 2. The highest BCUT2D eigenvalue weighted by atomic mass is 35.5. The fourth-order valence-electron chi connectivity index (χ4n) is 2.70. The van der Waals surface area contributed by atoms with E-state index in [4.69, 9.17) is 16.3 Å². The van der Waals surface area contributed by atoms with Crippen LogP contribution in [0.1, 0.15) is 18.3 Å². The van der Waals surface area contributed by atoms with Crippen LogP contribution in [-0.2, 0) is 11.2 Å². The third-order valence-corrected chi connectivity index (χ3v) is 3.80. The van der Waals surface area contributed by atoms with Crippen molar-refractivity contribution in [2.24, 2.45) is 0 Å². The highest BCUT2D eigenvalue weighted by Crippen LogP contribution is 2.28. The molecule has 1 aromatic heterocycles. The number of amides is 1. The molecule has 0 saturated carbocycles. The Morgan fingerprint density at radius 2 is 2.40 bits per heavy atom. The number of rotatable bonds is 4. The molecule has 0 radical (unpaired) electrons. The van der Waals surface area contributed by atoms with Crippen LogP contribution in [0.4, 0.5) is 0 Å². The molecule has 2 aromatic rings. The first-order chi connectivity index (χ1) is 9.72. The molecule has 3 rings (SSSR count). The number of imidazole rings is 1. The molecule has 6 heteroatoms. The summed E-state index contributed by atoms with van der Waals surface area (Å²) in [6.45, 7) is 0.644. The van der Waals surface area contributed by atoms with Gasteiger partial charge in [0.1, 0.15) is 11.6 Å². The summed E-state index contributed by atoms with van der Waals surface area (Å²) in [5.41, 5.74) is 1.90. The van der Waals surface area contributed by atoms with Crippen LogP contribution in [0.25, 0.3) is 11.0 Å². The number of hydrogen-bond acceptors (Lipinski definition) is 3. The van der Waals surface area contributed by atoms with E-state index in [1.807, 2.05) is 18.2 Å². The number of aromatic nitrogens is 2. The van der Waals surface area contributed by atoms with E-state index in [-0.39, 0.29) is 11.9 Å². The quantitative estimate of drug-likeness (QED) is 0.876. The maximum absolute atomic E-state index is 11.5. The predicted octanol–water partition coefficient (Wildman–Crippen LogP) is 1.89. The van der Waals surface area contributed by atoms with Gasteiger partial charge in [0.25, 0.3) is 0 Å². The van der Waals surface area contributed by atoms with Crippen molar-refractivity contribution in [1.29, 1.82) is 0 Å². The van der Waals surface area contributed by atoms with E-state index in [1.165, 1.54) is 0 Å². The van der Waals surface area contributed by atoms with Crippen LogP contribution in [0.5, 0.6) is 5.75 Å². The molecule has 0 aliphatic carbocycles. The molecule has 0 bridgehead atoms. The van der Waals surface area contributed by atoms with E-state index in [0.29, 0.717) is 25.3 Å². The van der Waals surface area contributed by atoms with Crippen LogP contribution >= 0.6 is 11.6 Å². The number of ether oxygens (including phenoxy) is 1. The normalized spacial score (nSPS) is 18.5. The highest BCUT2D eigenvalue weighted by Gasteiger charge is 2.26. The van der Waals surface area contributed by atoms with Crippen LogP contribution in [0.3, 0.4) is 0 Å². The number of hydrogen-bond donors (Lipinski definition) is 1. The molecule has 1 unspecified atom stereocenters. The standard InChI is InChI=1S/C14H16ClN3O2/c1-20-10-2-3-12-11(7-10)17-13(4-5-15)18(12)9-6-14(19)16-8-9/h2-3,7,9H,4-6,8H2,1H3,(H,16,19). The van der Waals surface area contributed by atoms with Crippen LogP contribution in [0.15, 0.2) is 18.2 Å². The number of aryl methyl sites for hydroxylation is 1. The molecule has 5 nitrogen and oxygen atoms in total. The second kappa shape index (κ2) is 5.32. The number of carbonyl (C=O) groups is 1. The van der Waals surface area contributed by atoms with Gasteiger partial charge in [-0.05, 0) is 12.1 Å². The minimum Gasteiger partial charge on any atom is -0.497 e. The summed E-state index contributed by atoms with van der Waals surface area (Å²) < 4.78 is 7.37. The lowest BCUT2D eigenvalue weighted by molar-refractivity contribution is -0.119. The van der Waals surface area contributed by atoms with Crippen molar-refractivity contribution >= 4 is 28.5 Å². The molecule has 1 atom stereocenters. The number of nitrogens with one attached hydrogen (secondary N) is 1. The third kappa shape index (κ3) is 2.22. The van der Waals surface area contributed by atoms with E-state index in [0.717, 1.165) is 22.6 Å². The van der Waals surface area contributed by atoms with Crippen molar-refractivity contribution in [2.45, 2.75) is 18.9 Å². The number of alkyl halides is 1. The lowest BCUT2D eigenvalue weighted by Crippen LogP contribution is -2.17. The third-order valence-electron chi connectivity index (χ3n) is 3.61. The molecular weight excluding hydrogens is 278 g/mol. The molecule has 20 heavy (non-hydrogen) atoms. The van der Waals surface area contributed by atoms with Crippen LogP contribution in [0, 0.1) is 0 Å². The van der Waals surface area contributed by atoms with Crippen molar-refractivity contribution in [3.05, 3.63) is 24.0 Å². The maximum Gasteiger partial charge on any atom is 0.222 e. The summed E-state index contributed by atoms with van der Waals surface area (Å²) in [6.07, 6.45) is 1.18. The summed E-state index contributed by atoms with van der Waals surface area (Å²) in [6, 6.07) is 5.92. The van der Waals surface area contributed by atoms with Gasteiger partial charge in [-0.15, -0.1) is 11.6 Å². The molecule has 1 saturated heterocycles. The highest BCUT2D eigenvalue weighted by molar-refractivity contribution is 6.17. The fourth-order valence-corrected chi connectivity index (χ4v) is 2.87. The van der Waals surface area contributed by atoms with Gasteiger partial charge in [0.05, 0.1) is 24.2 Å². The van der Waals surface area contributed by atoms with E-state index in [9.17, 15) is 4.79 Å². The van der Waals surface area contributed by atoms with Crippen LogP contribution in [-0.4, -0.2) is 35.0 Å². The second-order valence-electron chi connectivity index (χ2n) is 4.85. The average Bonchev–Trinajstić information content (AvgIpc) is 3.01. The van der Waals surface area contributed by atoms with Gasteiger partial charge in [-0.25, -0.2) is 4.98 Å². The molecule has 2 heterocycles. The Morgan fingerprint density at radius 1 is 1.55 bits per heavy atom. The molecule has 0 spiro atoms. The summed E-state index contributed by atoms with van der Waals surface area (Å²) >= 11 is 5.87. The Hall–Kier alpha value is -1.75. The zero-order chi connectivity index (χ0) is 14.1. The first kappa shape index (κ1) is 13.2. The van der Waals surface area contributed by atoms with E-state index < -0.39 is 0 Å². The van der Waals surface area contributed by atoms with E-state index >= 15 is 0 Å². The van der Waals surface area contributed by atoms with Crippen molar-refractivity contribution in [2.75, 3.05) is 19.5 Å². The minimum absolute atomic E-state index is 0.0854. The summed E-state index contributed by atoms with van der Waals surface area (Å²) in [5.74, 6) is 2.29. The van der Waals surface area contributed by atoms with Crippen molar-refractivity contribution in [1.82, 2.24) is 14.9 Å². The topological polar surface area (TPSA) is 56.1 Å². The Morgan fingerprint density at radius 3 is 3.05 bits per heavy atom. The lowest BCUT2D eigenvalue weighted by atomic mass is 10.2. The Labute approximate surface area is 121 Å². The number of fused-ring (bicyclic) bond motifs is 1. The average molecular weight is 294 g/mol. The minimum atomic E-state index is 0.0854. The number of benzene rings is 1. The van der Waals surface area contributed by atoms with Crippen molar-refractivity contribution < 1.29 is 9.53 Å². The van der Waals surface area contributed by atoms with E-state index in [1.54, 1.807) is 7.11 Å². The molecule has 1 amide bonds. The molecule has 106 valence electrons. The predicted molar refractivity (Wildman–Crippen MR) is 77.4 cm³/mol. The Kier molecular flexibility index (Phi) is 3.53. The lowest BCUT2D eigenvalue weighted by Gasteiger charge is -2.14. The van der Waals surface area contributed by atoms with Gasteiger partial charge in [0, 0.05) is 31.3 Å². The van der Waals surface area contributed by atoms with Crippen LogP contribution in [0.2, 0.25) is 0 Å². The fraction of sp³-hybridized carbons (Fsp3) is 0.429. The number of methoxy groups -OCH3 is 1. The summed E-state index contributed by atoms with van der Waals surface area (Å²) in [7, 11) is 1.64. The SMILES string of the molecule is COc1ccc2c(c1)nc(CCCl)n2C1CNC(=O)C1. The molecule has 1 N–H and O–H groups in total. The Balaban J connectivity index is 2.11. The molecule has 1 fully saturated rings. The smallest absolute Gasteiger partial charge is 0.222 e. The number of carbonyl (C=O) groups excluding carboxylic acids is 1. The van der Waals surface area contributed by atoms with Crippen molar-refractivity contribution in [3.63, 3.8) is 0 Å². The van der Waals surface area contributed by atoms with Crippen molar-refractivity contribution in [3.8, 4) is 5.75 Å². The summed E-state index contributed by atoms with van der Waals surface area (Å²) in [5, 5.41) is 2.87. The first-order valence-electron chi connectivity index (χ1n) is 6.60. The van der Waals surface area contributed by atoms with Gasteiger partial charge in [0.15, 0.2) is 0 Å². The van der Waals surface area contributed by atoms with Gasteiger partial charge in [-0.1, -0.05) is 0 Å². The molecule has 1 aliphatic heterocycles. The Bertz CT molecular complexity index is 653. The molecule has 1 aromatic carbocycles. The molecule has 1 aliphatic rings. The van der Waals surface area contributed by atoms with Gasteiger partial charge in [-0.2, -0.15) is 0 Å². The maximum atomic E-state index is 11.5. The van der Waals surface area contributed by atoms with Gasteiger partial charge in [0.2, 0.25) is 5.91 Å².